The number of thiazole rings is 1. The van der Waals surface area contributed by atoms with E-state index in [9.17, 15) is 5.11 Å². The molecule has 0 unspecified atom stereocenters. The van der Waals surface area contributed by atoms with E-state index in [1.165, 1.54) is 11.3 Å². The van der Waals surface area contributed by atoms with Crippen molar-refractivity contribution in [2.45, 2.75) is 0 Å². The van der Waals surface area contributed by atoms with Crippen LogP contribution in [-0.2, 0) is 0 Å². The van der Waals surface area contributed by atoms with Crippen LogP contribution < -0.4 is 10.5 Å². The van der Waals surface area contributed by atoms with Crippen molar-refractivity contribution in [3.63, 3.8) is 0 Å². The molecule has 5 heteroatoms. The number of aromatic hydroxyl groups is 1. The zero-order valence-corrected chi connectivity index (χ0v) is 7.99. The number of rotatable bonds is 2. The van der Waals surface area contributed by atoms with Gasteiger partial charge in [-0.3, -0.25) is 0 Å². The fourth-order valence-electron chi connectivity index (χ4n) is 0.953. The van der Waals surface area contributed by atoms with Gasteiger partial charge in [0.1, 0.15) is 5.82 Å². The van der Waals surface area contributed by atoms with Gasteiger partial charge in [-0.05, 0) is 12.1 Å². The van der Waals surface area contributed by atoms with Gasteiger partial charge in [0.25, 0.3) is 5.19 Å². The number of aromatic nitrogens is 1. The summed E-state index contributed by atoms with van der Waals surface area (Å²) >= 11 is 1.28. The van der Waals surface area contributed by atoms with Gasteiger partial charge in [-0.25, -0.2) is 0 Å². The summed E-state index contributed by atoms with van der Waals surface area (Å²) in [5, 5.41) is 11.5. The maximum atomic E-state index is 9.40. The minimum atomic E-state index is 0.0845. The van der Waals surface area contributed by atoms with Gasteiger partial charge in [-0.15, -0.1) is 0 Å². The maximum absolute atomic E-state index is 9.40. The second-order valence-electron chi connectivity index (χ2n) is 2.61. The van der Waals surface area contributed by atoms with Crippen molar-refractivity contribution in [2.75, 3.05) is 5.73 Å². The van der Waals surface area contributed by atoms with E-state index in [-0.39, 0.29) is 5.75 Å². The molecule has 4 nitrogen and oxygen atoms in total. The Balaban J connectivity index is 2.23. The van der Waals surface area contributed by atoms with Crippen LogP contribution in [0.3, 0.4) is 0 Å². The lowest BCUT2D eigenvalue weighted by Crippen LogP contribution is -1.86. The number of hydrogen-bond donors (Lipinski definition) is 2. The fourth-order valence-corrected chi connectivity index (χ4v) is 1.52. The van der Waals surface area contributed by atoms with Gasteiger partial charge in [-0.1, -0.05) is 23.5 Å². The number of phenolic OH excluding ortho intramolecular Hbond substituents is 1. The third-order valence-electron chi connectivity index (χ3n) is 1.56. The molecular weight excluding hydrogens is 200 g/mol. The molecule has 0 aliphatic rings. The van der Waals surface area contributed by atoms with Gasteiger partial charge in [-0.2, -0.15) is 4.98 Å². The molecule has 1 heterocycles. The summed E-state index contributed by atoms with van der Waals surface area (Å²) < 4.78 is 5.31. The van der Waals surface area contributed by atoms with Crippen LogP contribution in [0.2, 0.25) is 0 Å². The largest absolute Gasteiger partial charge is 0.504 e. The lowest BCUT2D eigenvalue weighted by atomic mass is 10.3. The number of hydrogen-bond acceptors (Lipinski definition) is 5. The van der Waals surface area contributed by atoms with Crippen LogP contribution in [0.5, 0.6) is 16.7 Å². The second kappa shape index (κ2) is 3.55. The summed E-state index contributed by atoms with van der Waals surface area (Å²) in [5.74, 6) is 0.878. The van der Waals surface area contributed by atoms with Crippen LogP contribution in [0.25, 0.3) is 0 Å². The number of nitrogen functional groups attached to an aromatic ring is 1. The first kappa shape index (κ1) is 8.83. The Bertz CT molecular complexity index is 442. The first-order valence-electron chi connectivity index (χ1n) is 3.92. The van der Waals surface area contributed by atoms with E-state index < -0.39 is 0 Å². The predicted octanol–water partition coefficient (Wildman–Crippen LogP) is 2.22. The van der Waals surface area contributed by atoms with Gasteiger partial charge in [0.15, 0.2) is 11.5 Å². The highest BCUT2D eigenvalue weighted by molar-refractivity contribution is 7.11. The van der Waals surface area contributed by atoms with Gasteiger partial charge >= 0.3 is 0 Å². The van der Waals surface area contributed by atoms with Gasteiger partial charge in [0.05, 0.1) is 0 Å². The number of ether oxygens (including phenoxy) is 1. The monoisotopic (exact) mass is 208 g/mol. The molecular formula is C9H8N2O2S. The van der Waals surface area contributed by atoms with E-state index in [1.807, 2.05) is 0 Å². The molecule has 0 atom stereocenters. The molecule has 3 N–H and O–H groups in total. The second-order valence-corrected chi connectivity index (χ2v) is 3.43. The highest BCUT2D eigenvalue weighted by Crippen LogP contribution is 2.31. The molecule has 2 rings (SSSR count). The topological polar surface area (TPSA) is 68.4 Å². The standard InChI is InChI=1S/C9H8N2O2S/c10-8-5-14-9(11-8)13-7-4-2-1-3-6(7)12/h1-5,12H,10H2. The molecule has 2 aromatic rings. The molecule has 14 heavy (non-hydrogen) atoms. The lowest BCUT2D eigenvalue weighted by Gasteiger charge is -2.02. The van der Waals surface area contributed by atoms with E-state index in [0.29, 0.717) is 16.8 Å². The van der Waals surface area contributed by atoms with Crippen LogP contribution in [0.4, 0.5) is 5.82 Å². The van der Waals surface area contributed by atoms with Crippen molar-refractivity contribution >= 4 is 17.2 Å². The number of anilines is 1. The fraction of sp³-hybridized carbons (Fsp3) is 0. The molecule has 0 fully saturated rings. The van der Waals surface area contributed by atoms with E-state index in [0.717, 1.165) is 0 Å². The van der Waals surface area contributed by atoms with Crippen LogP contribution in [0.1, 0.15) is 0 Å². The normalized spacial score (nSPS) is 10.0. The van der Waals surface area contributed by atoms with E-state index in [2.05, 4.69) is 4.98 Å². The third-order valence-corrected chi connectivity index (χ3v) is 2.30. The molecule has 0 saturated carbocycles. The Labute approximate surface area is 84.6 Å². The highest BCUT2D eigenvalue weighted by atomic mass is 32.1. The molecule has 0 saturated heterocycles. The molecule has 1 aromatic heterocycles. The SMILES string of the molecule is Nc1csc(Oc2ccccc2O)n1. The number of nitrogens with zero attached hydrogens (tertiary/aromatic N) is 1. The van der Waals surface area contributed by atoms with Crippen molar-refractivity contribution in [3.05, 3.63) is 29.6 Å². The average Bonchev–Trinajstić information content (AvgIpc) is 2.56. The van der Waals surface area contributed by atoms with Crippen molar-refractivity contribution in [2.24, 2.45) is 0 Å². The Morgan fingerprint density at radius 1 is 1.36 bits per heavy atom. The number of para-hydroxylation sites is 2. The Morgan fingerprint density at radius 2 is 2.14 bits per heavy atom. The van der Waals surface area contributed by atoms with Gasteiger partial charge in [0.2, 0.25) is 0 Å². The molecule has 0 spiro atoms. The molecule has 0 radical (unpaired) electrons. The van der Waals surface area contributed by atoms with E-state index in [1.54, 1.807) is 29.6 Å². The van der Waals surface area contributed by atoms with Crippen LogP contribution >= 0.6 is 11.3 Å². The van der Waals surface area contributed by atoms with E-state index in [4.69, 9.17) is 10.5 Å². The number of benzene rings is 1. The van der Waals surface area contributed by atoms with Gasteiger partial charge < -0.3 is 15.6 Å². The quantitative estimate of drug-likeness (QED) is 0.794. The Kier molecular flexibility index (Phi) is 2.24. The summed E-state index contributed by atoms with van der Waals surface area (Å²) in [5.41, 5.74) is 5.43. The smallest absolute Gasteiger partial charge is 0.280 e. The van der Waals surface area contributed by atoms with Gasteiger partial charge in [0, 0.05) is 5.38 Å². The lowest BCUT2D eigenvalue weighted by molar-refractivity contribution is 0.410. The van der Waals surface area contributed by atoms with Crippen LogP contribution in [-0.4, -0.2) is 10.1 Å². The zero-order chi connectivity index (χ0) is 9.97. The summed E-state index contributed by atoms with van der Waals surface area (Å²) in [6.07, 6.45) is 0. The Morgan fingerprint density at radius 3 is 2.79 bits per heavy atom. The van der Waals surface area contributed by atoms with E-state index >= 15 is 0 Å². The summed E-state index contributed by atoms with van der Waals surface area (Å²) in [4.78, 5) is 3.91. The molecule has 0 amide bonds. The number of phenols is 1. The predicted molar refractivity (Wildman–Crippen MR) is 54.7 cm³/mol. The summed E-state index contributed by atoms with van der Waals surface area (Å²) in [7, 11) is 0. The third kappa shape index (κ3) is 1.77. The average molecular weight is 208 g/mol. The molecule has 0 aliphatic carbocycles. The van der Waals surface area contributed by atoms with Crippen molar-refractivity contribution in [1.29, 1.82) is 0 Å². The molecule has 72 valence electrons. The zero-order valence-electron chi connectivity index (χ0n) is 7.18. The minimum Gasteiger partial charge on any atom is -0.504 e. The summed E-state index contributed by atoms with van der Waals surface area (Å²) in [6, 6.07) is 6.70. The molecule has 1 aromatic carbocycles. The minimum absolute atomic E-state index is 0.0845. The van der Waals surface area contributed by atoms with Crippen molar-refractivity contribution < 1.29 is 9.84 Å². The number of nitrogens with two attached hydrogens (primary N) is 1. The highest BCUT2D eigenvalue weighted by Gasteiger charge is 2.05. The maximum Gasteiger partial charge on any atom is 0.280 e. The van der Waals surface area contributed by atoms with Crippen LogP contribution in [0, 0.1) is 0 Å². The van der Waals surface area contributed by atoms with Crippen molar-refractivity contribution in [1.82, 2.24) is 4.98 Å². The Hall–Kier alpha value is -1.75. The summed E-state index contributed by atoms with van der Waals surface area (Å²) in [6.45, 7) is 0. The first-order valence-corrected chi connectivity index (χ1v) is 4.80. The first-order chi connectivity index (χ1) is 6.75. The molecule has 0 aliphatic heterocycles. The molecule has 0 bridgehead atoms. The van der Waals surface area contributed by atoms with Crippen LogP contribution in [0.15, 0.2) is 29.6 Å². The van der Waals surface area contributed by atoms with Crippen molar-refractivity contribution in [3.8, 4) is 16.7 Å².